The highest BCUT2D eigenvalue weighted by Crippen LogP contribution is 2.35. The molecule has 2 heterocycles. The second kappa shape index (κ2) is 4.67. The molecule has 0 radical (unpaired) electrons. The molecule has 1 saturated heterocycles. The van der Waals surface area contributed by atoms with E-state index in [9.17, 15) is 5.11 Å². The lowest BCUT2D eigenvalue weighted by molar-refractivity contribution is 0.131. The Morgan fingerprint density at radius 3 is 3.12 bits per heavy atom. The third-order valence-electron chi connectivity index (χ3n) is 3.76. The number of aryl methyl sites for hydroxylation is 1. The lowest BCUT2D eigenvalue weighted by atomic mass is 9.95. The molecule has 2 unspecified atom stereocenters. The summed E-state index contributed by atoms with van der Waals surface area (Å²) in [5, 5.41) is 13.8. The second-order valence-electron chi connectivity index (χ2n) is 4.94. The summed E-state index contributed by atoms with van der Waals surface area (Å²) in [4.78, 5) is 0. The lowest BCUT2D eigenvalue weighted by Crippen LogP contribution is -2.29. The monoisotopic (exact) mass is 233 g/mol. The first-order chi connectivity index (χ1) is 8.36. The van der Waals surface area contributed by atoms with E-state index in [1.807, 2.05) is 12.1 Å². The summed E-state index contributed by atoms with van der Waals surface area (Å²) < 4.78 is 5.75. The number of benzene rings is 1. The van der Waals surface area contributed by atoms with Gasteiger partial charge in [-0.05, 0) is 37.8 Å². The molecule has 0 aliphatic carbocycles. The highest BCUT2D eigenvalue weighted by atomic mass is 16.5. The van der Waals surface area contributed by atoms with Gasteiger partial charge in [-0.2, -0.15) is 0 Å². The van der Waals surface area contributed by atoms with Crippen molar-refractivity contribution in [3.05, 3.63) is 29.3 Å². The van der Waals surface area contributed by atoms with E-state index in [0.717, 1.165) is 50.1 Å². The first-order valence-corrected chi connectivity index (χ1v) is 6.52. The van der Waals surface area contributed by atoms with E-state index in [2.05, 4.69) is 11.4 Å². The molecule has 1 fully saturated rings. The van der Waals surface area contributed by atoms with Gasteiger partial charge in [0.1, 0.15) is 5.75 Å². The minimum atomic E-state index is -0.439. The molecular weight excluding hydrogens is 214 g/mol. The quantitative estimate of drug-likeness (QED) is 0.818. The molecule has 0 saturated carbocycles. The van der Waals surface area contributed by atoms with Crippen LogP contribution in [0.2, 0.25) is 0 Å². The van der Waals surface area contributed by atoms with Crippen molar-refractivity contribution in [3.8, 4) is 5.75 Å². The van der Waals surface area contributed by atoms with Crippen LogP contribution in [0, 0.1) is 0 Å². The van der Waals surface area contributed by atoms with E-state index in [4.69, 9.17) is 4.74 Å². The largest absolute Gasteiger partial charge is 0.493 e. The van der Waals surface area contributed by atoms with Gasteiger partial charge in [-0.15, -0.1) is 0 Å². The zero-order valence-electron chi connectivity index (χ0n) is 9.98. The van der Waals surface area contributed by atoms with Gasteiger partial charge >= 0.3 is 0 Å². The highest BCUT2D eigenvalue weighted by Gasteiger charge is 2.27. The third-order valence-corrected chi connectivity index (χ3v) is 3.76. The highest BCUT2D eigenvalue weighted by molar-refractivity contribution is 5.44. The Labute approximate surface area is 102 Å². The molecule has 2 N–H and O–H groups in total. The van der Waals surface area contributed by atoms with Crippen LogP contribution in [0.1, 0.15) is 36.5 Å². The van der Waals surface area contributed by atoms with Crippen LogP contribution in [0.5, 0.6) is 5.75 Å². The van der Waals surface area contributed by atoms with Crippen molar-refractivity contribution in [3.63, 3.8) is 0 Å². The molecule has 3 nitrogen and oxygen atoms in total. The van der Waals surface area contributed by atoms with Crippen LogP contribution >= 0.6 is 0 Å². The predicted molar refractivity (Wildman–Crippen MR) is 66.2 cm³/mol. The Kier molecular flexibility index (Phi) is 3.04. The molecule has 3 heteroatoms. The Morgan fingerprint density at radius 1 is 1.35 bits per heavy atom. The zero-order chi connectivity index (χ0) is 11.7. The maximum absolute atomic E-state index is 10.4. The second-order valence-corrected chi connectivity index (χ2v) is 4.94. The average molecular weight is 233 g/mol. The third kappa shape index (κ3) is 2.05. The Morgan fingerprint density at radius 2 is 2.29 bits per heavy atom. The molecule has 0 spiro atoms. The average Bonchev–Trinajstić information content (AvgIpc) is 2.91. The van der Waals surface area contributed by atoms with Gasteiger partial charge in [0, 0.05) is 11.6 Å². The van der Waals surface area contributed by atoms with Crippen LogP contribution in [0.3, 0.4) is 0 Å². The van der Waals surface area contributed by atoms with Crippen molar-refractivity contribution in [2.45, 2.75) is 37.8 Å². The van der Waals surface area contributed by atoms with E-state index in [-0.39, 0.29) is 6.04 Å². The van der Waals surface area contributed by atoms with Gasteiger partial charge < -0.3 is 15.2 Å². The number of rotatable bonds is 2. The Bertz CT molecular complexity index is 399. The molecule has 2 atom stereocenters. The van der Waals surface area contributed by atoms with Crippen molar-refractivity contribution < 1.29 is 9.84 Å². The SMILES string of the molecule is OC(c1cccc2c1OCCC2)C1CCCN1. The molecular formula is C14H19NO2. The first kappa shape index (κ1) is 11.1. The van der Waals surface area contributed by atoms with Gasteiger partial charge in [-0.1, -0.05) is 18.2 Å². The zero-order valence-corrected chi connectivity index (χ0v) is 9.98. The Hall–Kier alpha value is -1.06. The van der Waals surface area contributed by atoms with E-state index < -0.39 is 6.10 Å². The maximum Gasteiger partial charge on any atom is 0.128 e. The number of fused-ring (bicyclic) bond motifs is 1. The summed E-state index contributed by atoms with van der Waals surface area (Å²) >= 11 is 0. The van der Waals surface area contributed by atoms with Crippen LogP contribution in [-0.2, 0) is 6.42 Å². The lowest BCUT2D eigenvalue weighted by Gasteiger charge is -2.25. The van der Waals surface area contributed by atoms with Gasteiger partial charge in [0.2, 0.25) is 0 Å². The molecule has 3 rings (SSSR count). The van der Waals surface area contributed by atoms with Gasteiger partial charge in [0.25, 0.3) is 0 Å². The minimum absolute atomic E-state index is 0.187. The maximum atomic E-state index is 10.4. The fourth-order valence-electron chi connectivity index (χ4n) is 2.85. The molecule has 1 aromatic rings. The molecule has 0 aromatic heterocycles. The van der Waals surface area contributed by atoms with Gasteiger partial charge in [0.05, 0.1) is 12.7 Å². The molecule has 0 bridgehead atoms. The standard InChI is InChI=1S/C14H19NO2/c16-13(12-7-2-8-15-12)11-6-1-4-10-5-3-9-17-14(10)11/h1,4,6,12-13,15-16H,2-3,5,7-9H2. The van der Waals surface area contributed by atoms with E-state index in [1.165, 1.54) is 5.56 Å². The van der Waals surface area contributed by atoms with Gasteiger partial charge in [0.15, 0.2) is 0 Å². The van der Waals surface area contributed by atoms with Gasteiger partial charge in [-0.3, -0.25) is 0 Å². The van der Waals surface area contributed by atoms with Crippen LogP contribution < -0.4 is 10.1 Å². The summed E-state index contributed by atoms with van der Waals surface area (Å²) in [5.74, 6) is 0.931. The predicted octanol–water partition coefficient (Wildman–Crippen LogP) is 1.80. The first-order valence-electron chi connectivity index (χ1n) is 6.52. The number of hydrogen-bond donors (Lipinski definition) is 2. The molecule has 0 amide bonds. The summed E-state index contributed by atoms with van der Waals surface area (Å²) in [6.45, 7) is 1.78. The van der Waals surface area contributed by atoms with Crippen molar-refractivity contribution in [2.75, 3.05) is 13.2 Å². The van der Waals surface area contributed by atoms with Crippen LogP contribution in [0.4, 0.5) is 0 Å². The van der Waals surface area contributed by atoms with Crippen LogP contribution in [0.15, 0.2) is 18.2 Å². The van der Waals surface area contributed by atoms with Crippen LogP contribution in [-0.4, -0.2) is 24.3 Å². The minimum Gasteiger partial charge on any atom is -0.493 e. The van der Waals surface area contributed by atoms with Crippen molar-refractivity contribution in [1.82, 2.24) is 5.32 Å². The molecule has 2 aliphatic rings. The normalized spacial score (nSPS) is 25.1. The van der Waals surface area contributed by atoms with Crippen molar-refractivity contribution in [1.29, 1.82) is 0 Å². The van der Waals surface area contributed by atoms with E-state index in [0.29, 0.717) is 0 Å². The summed E-state index contributed by atoms with van der Waals surface area (Å²) in [6.07, 6.45) is 3.90. The summed E-state index contributed by atoms with van der Waals surface area (Å²) in [5.41, 5.74) is 2.20. The van der Waals surface area contributed by atoms with Gasteiger partial charge in [-0.25, -0.2) is 0 Å². The number of aliphatic hydroxyl groups is 1. The topological polar surface area (TPSA) is 41.5 Å². The number of para-hydroxylation sites is 1. The fourth-order valence-corrected chi connectivity index (χ4v) is 2.85. The number of aliphatic hydroxyl groups excluding tert-OH is 1. The fraction of sp³-hybridized carbons (Fsp3) is 0.571. The number of nitrogens with one attached hydrogen (secondary N) is 1. The molecule has 1 aromatic carbocycles. The van der Waals surface area contributed by atoms with Crippen molar-refractivity contribution >= 4 is 0 Å². The van der Waals surface area contributed by atoms with Crippen molar-refractivity contribution in [2.24, 2.45) is 0 Å². The number of hydrogen-bond acceptors (Lipinski definition) is 3. The van der Waals surface area contributed by atoms with E-state index in [1.54, 1.807) is 0 Å². The smallest absolute Gasteiger partial charge is 0.128 e. The summed E-state index contributed by atoms with van der Waals surface area (Å²) in [6, 6.07) is 6.31. The van der Waals surface area contributed by atoms with Crippen LogP contribution in [0.25, 0.3) is 0 Å². The summed E-state index contributed by atoms with van der Waals surface area (Å²) in [7, 11) is 0. The number of ether oxygens (including phenoxy) is 1. The van der Waals surface area contributed by atoms with E-state index >= 15 is 0 Å². The molecule has 92 valence electrons. The Balaban J connectivity index is 1.91. The molecule has 2 aliphatic heterocycles. The molecule has 17 heavy (non-hydrogen) atoms.